The lowest BCUT2D eigenvalue weighted by Gasteiger charge is -2.15. The van der Waals surface area contributed by atoms with Crippen molar-refractivity contribution in [1.29, 1.82) is 0 Å². The Morgan fingerprint density at radius 3 is 2.48 bits per heavy atom. The van der Waals surface area contributed by atoms with Crippen LogP contribution in [0.2, 0.25) is 0 Å². The topological polar surface area (TPSA) is 67.4 Å². The maximum absolute atomic E-state index is 13.4. The molecule has 0 fully saturated rings. The zero-order valence-corrected chi connectivity index (χ0v) is 12.8. The summed E-state index contributed by atoms with van der Waals surface area (Å²) in [5.74, 6) is -0.505. The Bertz CT molecular complexity index is 704. The van der Waals surface area contributed by atoms with E-state index in [0.717, 1.165) is 0 Å². The molecule has 0 heterocycles. The molecule has 2 aromatic carbocycles. The highest BCUT2D eigenvalue weighted by Crippen LogP contribution is 2.17. The molecule has 1 unspecified atom stereocenters. The smallest absolute Gasteiger partial charge is 0.410 e. The number of para-hydroxylation sites is 1. The van der Waals surface area contributed by atoms with E-state index in [0.29, 0.717) is 17.0 Å². The molecule has 1 atom stereocenters. The number of ether oxygens (including phenoxy) is 1. The highest BCUT2D eigenvalue weighted by atomic mass is 19.1. The van der Waals surface area contributed by atoms with Crippen molar-refractivity contribution < 1.29 is 18.7 Å². The molecule has 2 aromatic rings. The van der Waals surface area contributed by atoms with Gasteiger partial charge in [-0.15, -0.1) is 0 Å². The highest BCUT2D eigenvalue weighted by molar-refractivity contribution is 5.96. The fourth-order valence-corrected chi connectivity index (χ4v) is 1.85. The molecule has 5 nitrogen and oxygen atoms in total. The van der Waals surface area contributed by atoms with E-state index in [4.69, 9.17) is 4.74 Å². The number of benzene rings is 2. The van der Waals surface area contributed by atoms with E-state index in [2.05, 4.69) is 10.6 Å². The molecule has 2 N–H and O–H groups in total. The predicted octanol–water partition coefficient (Wildman–Crippen LogP) is 3.25. The van der Waals surface area contributed by atoms with Crippen LogP contribution >= 0.6 is 0 Å². The van der Waals surface area contributed by atoms with Crippen molar-refractivity contribution >= 4 is 17.7 Å². The largest absolute Gasteiger partial charge is 0.413 e. The SMILES string of the molecule is Cc1c(F)cccc1NC(=O)C(C)NC(=O)Oc1ccccc1. The summed E-state index contributed by atoms with van der Waals surface area (Å²) >= 11 is 0. The minimum absolute atomic E-state index is 0.333. The van der Waals surface area contributed by atoms with Crippen LogP contribution < -0.4 is 15.4 Å². The summed E-state index contributed by atoms with van der Waals surface area (Å²) in [6.07, 6.45) is -0.741. The molecule has 2 rings (SSSR count). The van der Waals surface area contributed by atoms with Gasteiger partial charge in [0.2, 0.25) is 5.91 Å². The molecule has 120 valence electrons. The summed E-state index contributed by atoms with van der Waals surface area (Å²) in [5.41, 5.74) is 0.694. The van der Waals surface area contributed by atoms with Crippen LogP contribution in [0, 0.1) is 12.7 Å². The average Bonchev–Trinajstić information content (AvgIpc) is 2.52. The molecule has 0 saturated heterocycles. The van der Waals surface area contributed by atoms with Gasteiger partial charge in [-0.3, -0.25) is 4.79 Å². The van der Waals surface area contributed by atoms with Crippen molar-refractivity contribution in [2.24, 2.45) is 0 Å². The normalized spacial score (nSPS) is 11.4. The number of nitrogens with one attached hydrogen (secondary N) is 2. The minimum atomic E-state index is -0.839. The maximum Gasteiger partial charge on any atom is 0.413 e. The van der Waals surface area contributed by atoms with Crippen LogP contribution in [0.4, 0.5) is 14.9 Å². The Labute approximate surface area is 133 Å². The molecule has 6 heteroatoms. The van der Waals surface area contributed by atoms with E-state index in [1.54, 1.807) is 43.3 Å². The van der Waals surface area contributed by atoms with Crippen molar-refractivity contribution in [3.05, 3.63) is 59.9 Å². The van der Waals surface area contributed by atoms with Crippen LogP contribution in [-0.2, 0) is 4.79 Å². The first kappa shape index (κ1) is 16.5. The predicted molar refractivity (Wildman–Crippen MR) is 84.8 cm³/mol. The number of halogens is 1. The summed E-state index contributed by atoms with van der Waals surface area (Å²) in [7, 11) is 0. The van der Waals surface area contributed by atoms with Gasteiger partial charge in [-0.2, -0.15) is 0 Å². The Hall–Kier alpha value is -2.89. The summed E-state index contributed by atoms with van der Waals surface area (Å²) in [6.45, 7) is 3.07. The molecule has 0 aliphatic rings. The van der Waals surface area contributed by atoms with Crippen LogP contribution in [0.5, 0.6) is 5.75 Å². The fourth-order valence-electron chi connectivity index (χ4n) is 1.85. The van der Waals surface area contributed by atoms with Crippen LogP contribution in [0.15, 0.2) is 48.5 Å². The lowest BCUT2D eigenvalue weighted by atomic mass is 10.2. The van der Waals surface area contributed by atoms with Gasteiger partial charge in [-0.05, 0) is 38.1 Å². The zero-order chi connectivity index (χ0) is 16.8. The van der Waals surface area contributed by atoms with E-state index in [-0.39, 0.29) is 0 Å². The highest BCUT2D eigenvalue weighted by Gasteiger charge is 2.18. The first-order valence-electron chi connectivity index (χ1n) is 7.06. The van der Waals surface area contributed by atoms with Crippen LogP contribution in [0.1, 0.15) is 12.5 Å². The summed E-state index contributed by atoms with van der Waals surface area (Å²) in [5, 5.41) is 4.99. The van der Waals surface area contributed by atoms with Gasteiger partial charge in [0.25, 0.3) is 0 Å². The third-order valence-electron chi connectivity index (χ3n) is 3.21. The van der Waals surface area contributed by atoms with Crippen molar-refractivity contribution in [2.45, 2.75) is 19.9 Å². The van der Waals surface area contributed by atoms with Crippen molar-refractivity contribution in [3.63, 3.8) is 0 Å². The van der Waals surface area contributed by atoms with Gasteiger partial charge in [-0.25, -0.2) is 9.18 Å². The molecule has 2 amide bonds. The van der Waals surface area contributed by atoms with Gasteiger partial charge in [0.05, 0.1) is 0 Å². The number of carbonyl (C=O) groups excluding carboxylic acids is 2. The molecule has 0 bridgehead atoms. The minimum Gasteiger partial charge on any atom is -0.410 e. The monoisotopic (exact) mass is 316 g/mol. The first-order valence-corrected chi connectivity index (χ1v) is 7.06. The quantitative estimate of drug-likeness (QED) is 0.910. The van der Waals surface area contributed by atoms with E-state index < -0.39 is 23.9 Å². The van der Waals surface area contributed by atoms with Crippen molar-refractivity contribution in [3.8, 4) is 5.75 Å². The molecule has 0 aliphatic heterocycles. The number of rotatable bonds is 4. The maximum atomic E-state index is 13.4. The lowest BCUT2D eigenvalue weighted by molar-refractivity contribution is -0.117. The van der Waals surface area contributed by atoms with Gasteiger partial charge in [0, 0.05) is 11.3 Å². The molecule has 0 radical (unpaired) electrons. The molecular weight excluding hydrogens is 299 g/mol. The molecule has 23 heavy (non-hydrogen) atoms. The molecule has 0 aromatic heterocycles. The summed E-state index contributed by atoms with van der Waals surface area (Å²) < 4.78 is 18.5. The van der Waals surface area contributed by atoms with E-state index in [9.17, 15) is 14.0 Å². The third kappa shape index (κ3) is 4.54. The van der Waals surface area contributed by atoms with E-state index in [1.165, 1.54) is 19.1 Å². The van der Waals surface area contributed by atoms with Gasteiger partial charge in [0.1, 0.15) is 17.6 Å². The van der Waals surface area contributed by atoms with Crippen molar-refractivity contribution in [1.82, 2.24) is 5.32 Å². The molecule has 0 spiro atoms. The van der Waals surface area contributed by atoms with Gasteiger partial charge in [-0.1, -0.05) is 24.3 Å². The Morgan fingerprint density at radius 2 is 1.78 bits per heavy atom. The zero-order valence-electron chi connectivity index (χ0n) is 12.8. The second kappa shape index (κ2) is 7.40. The lowest BCUT2D eigenvalue weighted by Crippen LogP contribution is -2.43. The number of amides is 2. The Morgan fingerprint density at radius 1 is 1.09 bits per heavy atom. The summed E-state index contributed by atoms with van der Waals surface area (Å²) in [4.78, 5) is 23.8. The Balaban J connectivity index is 1.92. The number of hydrogen-bond acceptors (Lipinski definition) is 3. The average molecular weight is 316 g/mol. The summed E-state index contributed by atoms with van der Waals surface area (Å²) in [6, 6.07) is 12.1. The van der Waals surface area contributed by atoms with Crippen molar-refractivity contribution in [2.75, 3.05) is 5.32 Å². The molecule has 0 saturated carbocycles. The number of anilines is 1. The second-order valence-electron chi connectivity index (χ2n) is 4.97. The molecular formula is C17H17FN2O3. The van der Waals surface area contributed by atoms with Crippen LogP contribution in [0.25, 0.3) is 0 Å². The van der Waals surface area contributed by atoms with E-state index in [1.807, 2.05) is 0 Å². The number of carbonyl (C=O) groups is 2. The van der Waals surface area contributed by atoms with Crippen LogP contribution in [0.3, 0.4) is 0 Å². The van der Waals surface area contributed by atoms with Gasteiger partial charge < -0.3 is 15.4 Å². The fraction of sp³-hybridized carbons (Fsp3) is 0.176. The molecule has 0 aliphatic carbocycles. The Kier molecular flexibility index (Phi) is 5.30. The van der Waals surface area contributed by atoms with Gasteiger partial charge in [0.15, 0.2) is 0 Å². The first-order chi connectivity index (χ1) is 11.0. The standard InChI is InChI=1S/C17H17FN2O3/c1-11-14(18)9-6-10-15(11)20-16(21)12(2)19-17(22)23-13-7-4-3-5-8-13/h3-10,12H,1-2H3,(H,19,22)(H,20,21). The third-order valence-corrected chi connectivity index (χ3v) is 3.21. The second-order valence-corrected chi connectivity index (χ2v) is 4.97. The van der Waals surface area contributed by atoms with E-state index >= 15 is 0 Å². The van der Waals surface area contributed by atoms with Crippen LogP contribution in [-0.4, -0.2) is 18.0 Å². The van der Waals surface area contributed by atoms with Gasteiger partial charge >= 0.3 is 6.09 Å². The number of hydrogen-bond donors (Lipinski definition) is 2.